The first-order valence-electron chi connectivity index (χ1n) is 7.92. The number of hydrogen-bond acceptors (Lipinski definition) is 2. The van der Waals surface area contributed by atoms with Crippen LogP contribution < -0.4 is 5.32 Å². The van der Waals surface area contributed by atoms with Crippen LogP contribution in [0.5, 0.6) is 0 Å². The molecule has 1 amide bonds. The van der Waals surface area contributed by atoms with E-state index in [2.05, 4.69) is 25.7 Å². The van der Waals surface area contributed by atoms with Crippen molar-refractivity contribution in [2.45, 2.75) is 79.8 Å². The molecule has 0 aliphatic rings. The predicted molar refractivity (Wildman–Crippen MR) is 92.3 cm³/mol. The lowest BCUT2D eigenvalue weighted by atomic mass is 10.0. The van der Waals surface area contributed by atoms with Gasteiger partial charge in [0, 0.05) is 5.70 Å². The number of ether oxygens (including phenoxy) is 1. The minimum Gasteiger partial charge on any atom is -0.444 e. The Hall–Kier alpha value is -1.25. The highest BCUT2D eigenvalue weighted by Crippen LogP contribution is 2.14. The Bertz CT molecular complexity index is 314. The summed E-state index contributed by atoms with van der Waals surface area (Å²) in [4.78, 5) is 11.6. The van der Waals surface area contributed by atoms with Gasteiger partial charge in [-0.05, 0) is 53.4 Å². The molecule has 0 aromatic heterocycles. The molecule has 1 N–H and O–H groups in total. The molecule has 0 bridgehead atoms. The van der Waals surface area contributed by atoms with Gasteiger partial charge in [0.05, 0.1) is 0 Å². The van der Waals surface area contributed by atoms with Gasteiger partial charge in [-0.1, -0.05) is 38.8 Å². The highest BCUT2D eigenvalue weighted by molar-refractivity contribution is 5.69. The van der Waals surface area contributed by atoms with Crippen LogP contribution in [0.25, 0.3) is 0 Å². The molecule has 0 heterocycles. The first-order valence-corrected chi connectivity index (χ1v) is 7.92. The van der Waals surface area contributed by atoms with Crippen LogP contribution >= 0.6 is 0 Å². The van der Waals surface area contributed by atoms with Crippen LogP contribution in [0.15, 0.2) is 24.4 Å². The molecule has 0 aromatic rings. The standard InChI is InChI=1S/C15H29NO2.C3H6/c1-7-12(3)10-9-11-13(8-2)16-14(17)18-15(4,5)6;1-3-2/h8,12H,7,9-11H2,1-6H3,(H,16,17);3H,1H2,2H3/b13-8+;. The third-order valence-corrected chi connectivity index (χ3v) is 2.85. The monoisotopic (exact) mass is 297 g/mol. The van der Waals surface area contributed by atoms with Crippen molar-refractivity contribution in [3.8, 4) is 0 Å². The lowest BCUT2D eigenvalue weighted by Gasteiger charge is -2.20. The zero-order chi connectivity index (χ0) is 16.9. The third kappa shape index (κ3) is 16.7. The average Bonchev–Trinajstić information content (AvgIpc) is 2.36. The molecule has 0 fully saturated rings. The first-order chi connectivity index (χ1) is 9.69. The van der Waals surface area contributed by atoms with Gasteiger partial charge in [-0.2, -0.15) is 0 Å². The summed E-state index contributed by atoms with van der Waals surface area (Å²) < 4.78 is 5.23. The number of carbonyl (C=O) groups is 1. The summed E-state index contributed by atoms with van der Waals surface area (Å²) in [7, 11) is 0. The van der Waals surface area contributed by atoms with Gasteiger partial charge in [-0.3, -0.25) is 5.32 Å². The van der Waals surface area contributed by atoms with Crippen molar-refractivity contribution in [3.05, 3.63) is 24.4 Å². The van der Waals surface area contributed by atoms with Crippen LogP contribution in [0.1, 0.15) is 74.1 Å². The normalized spacial score (nSPS) is 12.8. The summed E-state index contributed by atoms with van der Waals surface area (Å²) in [6.45, 7) is 17.3. The summed E-state index contributed by atoms with van der Waals surface area (Å²) in [6.07, 6.45) is 7.75. The number of amides is 1. The van der Waals surface area contributed by atoms with Crippen LogP contribution in [0.4, 0.5) is 4.79 Å². The van der Waals surface area contributed by atoms with E-state index in [-0.39, 0.29) is 6.09 Å². The molecule has 0 spiro atoms. The molecule has 0 rings (SSSR count). The minimum absolute atomic E-state index is 0.362. The van der Waals surface area contributed by atoms with E-state index in [0.29, 0.717) is 0 Å². The largest absolute Gasteiger partial charge is 0.444 e. The Morgan fingerprint density at radius 1 is 1.33 bits per heavy atom. The molecule has 0 saturated carbocycles. The van der Waals surface area contributed by atoms with Gasteiger partial charge in [-0.15, -0.1) is 6.58 Å². The number of nitrogens with one attached hydrogen (secondary N) is 1. The highest BCUT2D eigenvalue weighted by Gasteiger charge is 2.16. The second-order valence-corrected chi connectivity index (χ2v) is 6.25. The van der Waals surface area contributed by atoms with E-state index in [1.807, 2.05) is 40.7 Å². The van der Waals surface area contributed by atoms with Crippen molar-refractivity contribution >= 4 is 6.09 Å². The van der Waals surface area contributed by atoms with E-state index in [9.17, 15) is 4.79 Å². The molecule has 21 heavy (non-hydrogen) atoms. The maximum absolute atomic E-state index is 11.6. The molecule has 3 nitrogen and oxygen atoms in total. The van der Waals surface area contributed by atoms with Crippen LogP contribution in [-0.4, -0.2) is 11.7 Å². The Morgan fingerprint density at radius 3 is 2.24 bits per heavy atom. The predicted octanol–water partition coefficient (Wildman–Crippen LogP) is 5.82. The number of allylic oxidation sites excluding steroid dienone is 3. The van der Waals surface area contributed by atoms with Gasteiger partial charge in [0.1, 0.15) is 5.60 Å². The molecule has 3 heteroatoms. The van der Waals surface area contributed by atoms with Crippen LogP contribution in [-0.2, 0) is 4.74 Å². The fraction of sp³-hybridized carbons (Fsp3) is 0.722. The second-order valence-electron chi connectivity index (χ2n) is 6.25. The highest BCUT2D eigenvalue weighted by atomic mass is 16.6. The third-order valence-electron chi connectivity index (χ3n) is 2.85. The maximum atomic E-state index is 11.6. The van der Waals surface area contributed by atoms with Crippen molar-refractivity contribution in [2.75, 3.05) is 0 Å². The Labute approximate surface area is 131 Å². The van der Waals surface area contributed by atoms with Gasteiger partial charge in [0.15, 0.2) is 0 Å². The summed E-state index contributed by atoms with van der Waals surface area (Å²) in [5.41, 5.74) is 0.507. The molecular weight excluding hydrogens is 262 g/mol. The van der Waals surface area contributed by atoms with E-state index >= 15 is 0 Å². The number of alkyl carbamates (subject to hydrolysis) is 1. The number of carbonyl (C=O) groups excluding carboxylic acids is 1. The molecule has 0 radical (unpaired) electrons. The quantitative estimate of drug-likeness (QED) is 0.627. The SMILES string of the molecule is C/C=C(\CCCC(C)CC)NC(=O)OC(C)(C)C.C=CC. The fourth-order valence-electron chi connectivity index (χ4n) is 1.56. The summed E-state index contributed by atoms with van der Waals surface area (Å²) >= 11 is 0. The molecule has 0 saturated heterocycles. The topological polar surface area (TPSA) is 38.3 Å². The summed E-state index contributed by atoms with van der Waals surface area (Å²) in [5.74, 6) is 0.754. The van der Waals surface area contributed by atoms with Gasteiger partial charge in [0.2, 0.25) is 0 Å². The van der Waals surface area contributed by atoms with E-state index in [1.54, 1.807) is 6.08 Å². The molecule has 0 aromatic carbocycles. The summed E-state index contributed by atoms with van der Waals surface area (Å²) in [5, 5.41) is 2.81. The number of hydrogen-bond donors (Lipinski definition) is 1. The van der Waals surface area contributed by atoms with Gasteiger partial charge in [-0.25, -0.2) is 4.79 Å². The van der Waals surface area contributed by atoms with Gasteiger partial charge < -0.3 is 4.74 Å². The van der Waals surface area contributed by atoms with Crippen LogP contribution in [0.3, 0.4) is 0 Å². The van der Waals surface area contributed by atoms with Crippen molar-refractivity contribution in [1.29, 1.82) is 0 Å². The maximum Gasteiger partial charge on any atom is 0.411 e. The average molecular weight is 297 g/mol. The zero-order valence-corrected chi connectivity index (χ0v) is 15.1. The molecule has 1 unspecified atom stereocenters. The molecule has 0 aliphatic carbocycles. The summed E-state index contributed by atoms with van der Waals surface area (Å²) in [6, 6.07) is 0. The Morgan fingerprint density at radius 2 is 1.86 bits per heavy atom. The number of rotatable bonds is 6. The van der Waals surface area contributed by atoms with E-state index in [1.165, 1.54) is 12.8 Å². The van der Waals surface area contributed by atoms with E-state index in [0.717, 1.165) is 24.5 Å². The van der Waals surface area contributed by atoms with Crippen molar-refractivity contribution < 1.29 is 9.53 Å². The molecule has 1 atom stereocenters. The van der Waals surface area contributed by atoms with Crippen molar-refractivity contribution in [3.63, 3.8) is 0 Å². The van der Waals surface area contributed by atoms with Crippen molar-refractivity contribution in [1.82, 2.24) is 5.32 Å². The van der Waals surface area contributed by atoms with Crippen LogP contribution in [0, 0.1) is 5.92 Å². The lowest BCUT2D eigenvalue weighted by molar-refractivity contribution is 0.0544. The molecular formula is C18H35NO2. The fourth-order valence-corrected chi connectivity index (χ4v) is 1.56. The van der Waals surface area contributed by atoms with Gasteiger partial charge in [0.25, 0.3) is 0 Å². The van der Waals surface area contributed by atoms with E-state index in [4.69, 9.17) is 4.74 Å². The van der Waals surface area contributed by atoms with Gasteiger partial charge >= 0.3 is 6.09 Å². The van der Waals surface area contributed by atoms with Crippen molar-refractivity contribution in [2.24, 2.45) is 5.92 Å². The molecule has 0 aliphatic heterocycles. The minimum atomic E-state index is -0.445. The smallest absolute Gasteiger partial charge is 0.411 e. The second kappa shape index (κ2) is 12.5. The Kier molecular flexibility index (Phi) is 13.1. The lowest BCUT2D eigenvalue weighted by Crippen LogP contribution is -2.32. The Balaban J connectivity index is 0. The van der Waals surface area contributed by atoms with E-state index < -0.39 is 5.60 Å². The van der Waals surface area contributed by atoms with Crippen LogP contribution in [0.2, 0.25) is 0 Å². The first kappa shape index (κ1) is 22.0. The zero-order valence-electron chi connectivity index (χ0n) is 15.1. The molecule has 124 valence electrons.